The van der Waals surface area contributed by atoms with Crippen molar-refractivity contribution in [3.63, 3.8) is 0 Å². The van der Waals surface area contributed by atoms with E-state index >= 15 is 0 Å². The highest BCUT2D eigenvalue weighted by Gasteiger charge is 2.17. The van der Waals surface area contributed by atoms with Gasteiger partial charge in [0.2, 0.25) is 5.91 Å². The molecule has 2 aromatic carbocycles. The highest BCUT2D eigenvalue weighted by atomic mass is 32.2. The number of phenols is 1. The standard InChI is InChI=1S/C19H20N4O4S2/c1-3-29(26,27)14-8-9-16(24)15(10-14)20-17(25)11-23-18(21-22-19(23)28)13-6-4-12(2)5-7-13/h4-10,24H,3,11H2,1-2H3,(H,20,25)(H,22,28). The fourth-order valence-corrected chi connectivity index (χ4v) is 3.80. The number of nitrogens with one attached hydrogen (secondary N) is 2. The zero-order chi connectivity index (χ0) is 21.2. The molecule has 1 heterocycles. The summed E-state index contributed by atoms with van der Waals surface area (Å²) in [6.07, 6.45) is 0. The van der Waals surface area contributed by atoms with E-state index in [-0.39, 0.29) is 33.4 Å². The molecule has 0 aliphatic heterocycles. The zero-order valence-corrected chi connectivity index (χ0v) is 17.5. The average Bonchev–Trinajstić information content (AvgIpc) is 3.04. The third-order valence-corrected chi connectivity index (χ3v) is 6.39. The van der Waals surface area contributed by atoms with Gasteiger partial charge in [-0.1, -0.05) is 36.8 Å². The topological polar surface area (TPSA) is 117 Å². The van der Waals surface area contributed by atoms with Crippen LogP contribution in [-0.4, -0.2) is 39.9 Å². The van der Waals surface area contributed by atoms with Crippen molar-refractivity contribution >= 4 is 33.6 Å². The fraction of sp³-hybridized carbons (Fsp3) is 0.211. The minimum atomic E-state index is -3.48. The van der Waals surface area contributed by atoms with E-state index in [4.69, 9.17) is 12.2 Å². The average molecular weight is 433 g/mol. The lowest BCUT2D eigenvalue weighted by molar-refractivity contribution is -0.116. The first kappa shape index (κ1) is 20.7. The Morgan fingerprint density at radius 1 is 1.24 bits per heavy atom. The quantitative estimate of drug-likeness (QED) is 0.407. The van der Waals surface area contributed by atoms with Crippen molar-refractivity contribution in [2.75, 3.05) is 11.1 Å². The molecule has 0 unspecified atom stereocenters. The Labute approximate surface area is 173 Å². The first-order valence-corrected chi connectivity index (χ1v) is 10.8. The van der Waals surface area contributed by atoms with Crippen LogP contribution in [0.25, 0.3) is 11.4 Å². The lowest BCUT2D eigenvalue weighted by atomic mass is 10.1. The largest absolute Gasteiger partial charge is 0.506 e. The predicted octanol–water partition coefficient (Wildman–Crippen LogP) is 3.05. The second-order valence-corrected chi connectivity index (χ2v) is 9.10. The van der Waals surface area contributed by atoms with Gasteiger partial charge in [-0.15, -0.1) is 0 Å². The minimum Gasteiger partial charge on any atom is -0.506 e. The van der Waals surface area contributed by atoms with Crippen molar-refractivity contribution in [1.29, 1.82) is 0 Å². The first-order valence-electron chi connectivity index (χ1n) is 8.79. The molecule has 29 heavy (non-hydrogen) atoms. The van der Waals surface area contributed by atoms with Gasteiger partial charge in [0.05, 0.1) is 16.3 Å². The summed E-state index contributed by atoms with van der Waals surface area (Å²) in [6, 6.07) is 11.4. The number of aromatic nitrogens is 3. The normalized spacial score (nSPS) is 11.4. The van der Waals surface area contributed by atoms with Crippen LogP contribution in [0.15, 0.2) is 47.4 Å². The number of hydrogen-bond acceptors (Lipinski definition) is 6. The van der Waals surface area contributed by atoms with Crippen LogP contribution in [0.2, 0.25) is 0 Å². The van der Waals surface area contributed by atoms with Gasteiger partial charge in [0.15, 0.2) is 20.4 Å². The molecule has 0 aliphatic rings. The van der Waals surface area contributed by atoms with E-state index in [1.54, 1.807) is 0 Å². The molecule has 0 aliphatic carbocycles. The van der Waals surface area contributed by atoms with E-state index in [0.29, 0.717) is 5.82 Å². The number of H-pyrrole nitrogens is 1. The smallest absolute Gasteiger partial charge is 0.244 e. The Morgan fingerprint density at radius 2 is 1.93 bits per heavy atom. The van der Waals surface area contributed by atoms with Crippen LogP contribution in [0.4, 0.5) is 5.69 Å². The van der Waals surface area contributed by atoms with Gasteiger partial charge >= 0.3 is 0 Å². The summed E-state index contributed by atoms with van der Waals surface area (Å²) in [4.78, 5) is 12.6. The van der Waals surface area contributed by atoms with Crippen molar-refractivity contribution in [2.24, 2.45) is 0 Å². The molecule has 3 rings (SSSR count). The molecule has 1 aromatic heterocycles. The third kappa shape index (κ3) is 4.54. The van der Waals surface area contributed by atoms with Gasteiger partial charge in [0.1, 0.15) is 12.3 Å². The maximum Gasteiger partial charge on any atom is 0.244 e. The number of anilines is 1. The Bertz CT molecular complexity index is 1210. The van der Waals surface area contributed by atoms with Gasteiger partial charge in [-0.05, 0) is 37.3 Å². The molecule has 10 heteroatoms. The molecule has 8 nitrogen and oxygen atoms in total. The van der Waals surface area contributed by atoms with Crippen molar-refractivity contribution < 1.29 is 18.3 Å². The number of carbonyl (C=O) groups excluding carboxylic acids is 1. The fourth-order valence-electron chi connectivity index (χ4n) is 2.70. The number of aromatic hydroxyl groups is 1. The van der Waals surface area contributed by atoms with E-state index in [1.165, 1.54) is 29.7 Å². The van der Waals surface area contributed by atoms with Gasteiger partial charge < -0.3 is 10.4 Å². The second kappa shape index (κ2) is 8.18. The zero-order valence-electron chi connectivity index (χ0n) is 15.8. The highest BCUT2D eigenvalue weighted by molar-refractivity contribution is 7.91. The SMILES string of the molecule is CCS(=O)(=O)c1ccc(O)c(NC(=O)Cn2c(-c3ccc(C)cc3)n[nH]c2=S)c1. The molecule has 0 saturated carbocycles. The molecule has 0 spiro atoms. The molecule has 0 fully saturated rings. The van der Waals surface area contributed by atoms with Crippen LogP contribution in [0.3, 0.4) is 0 Å². The van der Waals surface area contributed by atoms with Crippen LogP contribution in [0.5, 0.6) is 5.75 Å². The maximum absolute atomic E-state index is 12.6. The summed E-state index contributed by atoms with van der Waals surface area (Å²) in [5.41, 5.74) is 1.88. The summed E-state index contributed by atoms with van der Waals surface area (Å²) in [6.45, 7) is 3.32. The highest BCUT2D eigenvalue weighted by Crippen LogP contribution is 2.27. The van der Waals surface area contributed by atoms with E-state index in [9.17, 15) is 18.3 Å². The van der Waals surface area contributed by atoms with Crippen molar-refractivity contribution in [1.82, 2.24) is 14.8 Å². The van der Waals surface area contributed by atoms with Crippen molar-refractivity contribution in [3.05, 3.63) is 52.8 Å². The summed E-state index contributed by atoms with van der Waals surface area (Å²) in [5, 5.41) is 19.4. The maximum atomic E-state index is 12.6. The number of benzene rings is 2. The number of nitrogens with zero attached hydrogens (tertiary/aromatic N) is 2. The number of rotatable bonds is 6. The first-order chi connectivity index (χ1) is 13.7. The predicted molar refractivity (Wildman–Crippen MR) is 112 cm³/mol. The molecular formula is C19H20N4O4S2. The summed E-state index contributed by atoms with van der Waals surface area (Å²) in [5.74, 6) is -0.313. The molecule has 1 amide bonds. The molecule has 3 N–H and O–H groups in total. The monoisotopic (exact) mass is 432 g/mol. The summed E-state index contributed by atoms with van der Waals surface area (Å²) in [7, 11) is -3.48. The van der Waals surface area contributed by atoms with E-state index in [2.05, 4.69) is 15.5 Å². The number of carbonyl (C=O) groups is 1. The number of hydrogen-bond donors (Lipinski definition) is 3. The van der Waals surface area contributed by atoms with Gasteiger partial charge in [-0.25, -0.2) is 8.42 Å². The number of phenolic OH excluding ortho intramolecular Hbond substituents is 1. The van der Waals surface area contributed by atoms with E-state index < -0.39 is 15.7 Å². The number of aromatic amines is 1. The lowest BCUT2D eigenvalue weighted by Crippen LogP contribution is -2.20. The molecular weight excluding hydrogens is 412 g/mol. The Kier molecular flexibility index (Phi) is 5.85. The molecule has 0 atom stereocenters. The molecule has 0 saturated heterocycles. The molecule has 3 aromatic rings. The van der Waals surface area contributed by atoms with E-state index in [1.807, 2.05) is 31.2 Å². The number of sulfone groups is 1. The Hall–Kier alpha value is -2.98. The van der Waals surface area contributed by atoms with Crippen molar-refractivity contribution in [3.8, 4) is 17.1 Å². The van der Waals surface area contributed by atoms with Crippen LogP contribution < -0.4 is 5.32 Å². The van der Waals surface area contributed by atoms with Crippen LogP contribution >= 0.6 is 12.2 Å². The van der Waals surface area contributed by atoms with Crippen molar-refractivity contribution in [2.45, 2.75) is 25.3 Å². The number of aryl methyl sites for hydroxylation is 1. The Morgan fingerprint density at radius 3 is 2.59 bits per heavy atom. The van der Waals surface area contributed by atoms with Gasteiger partial charge in [-0.3, -0.25) is 14.5 Å². The summed E-state index contributed by atoms with van der Waals surface area (Å²) >= 11 is 5.23. The lowest BCUT2D eigenvalue weighted by Gasteiger charge is -2.11. The van der Waals surface area contributed by atoms with E-state index in [0.717, 1.165) is 11.1 Å². The van der Waals surface area contributed by atoms with Gasteiger partial charge in [0, 0.05) is 5.56 Å². The number of amides is 1. The Balaban J connectivity index is 1.86. The molecule has 152 valence electrons. The van der Waals surface area contributed by atoms with Crippen LogP contribution in [-0.2, 0) is 21.2 Å². The second-order valence-electron chi connectivity index (χ2n) is 6.44. The molecule has 0 radical (unpaired) electrons. The van der Waals surface area contributed by atoms with Gasteiger partial charge in [-0.2, -0.15) is 5.10 Å². The third-order valence-electron chi connectivity index (χ3n) is 4.35. The minimum absolute atomic E-state index is 0.0106. The van der Waals surface area contributed by atoms with Crippen LogP contribution in [0.1, 0.15) is 12.5 Å². The van der Waals surface area contributed by atoms with Crippen LogP contribution in [0, 0.1) is 11.7 Å². The molecule has 0 bridgehead atoms. The summed E-state index contributed by atoms with van der Waals surface area (Å²) < 4.78 is 25.9. The van der Waals surface area contributed by atoms with Gasteiger partial charge in [0.25, 0.3) is 0 Å².